The third kappa shape index (κ3) is 4.94. The summed E-state index contributed by atoms with van der Waals surface area (Å²) in [5, 5.41) is 7.26. The van der Waals surface area contributed by atoms with E-state index in [2.05, 4.69) is 10.4 Å². The Hall–Kier alpha value is -3.61. The van der Waals surface area contributed by atoms with E-state index in [1.165, 1.54) is 0 Å². The molecular formula is C24H26N4O3. The number of aromatic nitrogens is 2. The van der Waals surface area contributed by atoms with Crippen molar-refractivity contribution in [3.8, 4) is 5.75 Å². The first-order chi connectivity index (χ1) is 15.1. The van der Waals surface area contributed by atoms with E-state index in [-0.39, 0.29) is 24.2 Å². The van der Waals surface area contributed by atoms with Crippen molar-refractivity contribution in [2.24, 2.45) is 5.92 Å². The van der Waals surface area contributed by atoms with Gasteiger partial charge in [0, 0.05) is 37.6 Å². The summed E-state index contributed by atoms with van der Waals surface area (Å²) < 4.78 is 7.31. The first-order valence-electron chi connectivity index (χ1n) is 10.5. The third-order valence-corrected chi connectivity index (χ3v) is 5.42. The van der Waals surface area contributed by atoms with Gasteiger partial charge in [0.15, 0.2) is 0 Å². The first-order valence-corrected chi connectivity index (χ1v) is 10.5. The molecule has 1 aliphatic heterocycles. The highest BCUT2D eigenvalue weighted by atomic mass is 16.5. The molecule has 1 saturated heterocycles. The molecule has 0 bridgehead atoms. The van der Waals surface area contributed by atoms with Crippen LogP contribution in [0.25, 0.3) is 0 Å². The zero-order valence-electron chi connectivity index (χ0n) is 17.5. The van der Waals surface area contributed by atoms with Crippen LogP contribution in [0.2, 0.25) is 0 Å². The number of benzene rings is 2. The summed E-state index contributed by atoms with van der Waals surface area (Å²) in [5.41, 5.74) is 2.93. The van der Waals surface area contributed by atoms with Crippen LogP contribution < -0.4 is 15.0 Å². The molecule has 7 heteroatoms. The number of hydrogen-bond acceptors (Lipinski definition) is 4. The molecule has 160 valence electrons. The van der Waals surface area contributed by atoms with E-state index in [1.54, 1.807) is 11.1 Å². The summed E-state index contributed by atoms with van der Waals surface area (Å²) in [7, 11) is 0. The zero-order chi connectivity index (χ0) is 21.6. The number of nitrogens with one attached hydrogen (secondary N) is 1. The fourth-order valence-electron chi connectivity index (χ4n) is 3.80. The molecule has 1 N–H and O–H groups in total. The molecule has 7 nitrogen and oxygen atoms in total. The highest BCUT2D eigenvalue weighted by Gasteiger charge is 2.35. The number of hydrogen-bond donors (Lipinski definition) is 1. The second kappa shape index (κ2) is 9.47. The average Bonchev–Trinajstić information content (AvgIpc) is 3.43. The predicted octanol–water partition coefficient (Wildman–Crippen LogP) is 3.00. The maximum atomic E-state index is 12.8. The van der Waals surface area contributed by atoms with Crippen molar-refractivity contribution in [1.29, 1.82) is 0 Å². The average molecular weight is 418 g/mol. The molecule has 2 amide bonds. The van der Waals surface area contributed by atoms with Gasteiger partial charge in [-0.05, 0) is 48.4 Å². The maximum Gasteiger partial charge on any atom is 0.227 e. The molecule has 0 unspecified atom stereocenters. The number of carbonyl (C=O) groups is 2. The monoisotopic (exact) mass is 418 g/mol. The number of carbonyl (C=O) groups excluding carboxylic acids is 2. The fourth-order valence-corrected chi connectivity index (χ4v) is 3.80. The molecule has 0 spiro atoms. The zero-order valence-corrected chi connectivity index (χ0v) is 17.5. The molecule has 1 fully saturated rings. The molecule has 0 saturated carbocycles. The van der Waals surface area contributed by atoms with Crippen LogP contribution in [-0.2, 0) is 22.7 Å². The first kappa shape index (κ1) is 20.7. The van der Waals surface area contributed by atoms with E-state index in [9.17, 15) is 9.59 Å². The smallest absolute Gasteiger partial charge is 0.227 e. The lowest BCUT2D eigenvalue weighted by atomic mass is 10.1. The SMILES string of the molecule is CCOc1ccc(N2C[C@H](C(=O)NCc3ccccc3Cn3cccn3)CC2=O)cc1. The van der Waals surface area contributed by atoms with Crippen LogP contribution in [0, 0.1) is 5.92 Å². The molecule has 3 aromatic rings. The molecular weight excluding hydrogens is 392 g/mol. The van der Waals surface area contributed by atoms with Gasteiger partial charge in [0.1, 0.15) is 5.75 Å². The Labute approximate surface area is 181 Å². The van der Waals surface area contributed by atoms with Gasteiger partial charge in [0.05, 0.1) is 19.1 Å². The Kier molecular flexibility index (Phi) is 6.31. The Morgan fingerprint density at radius 3 is 2.61 bits per heavy atom. The van der Waals surface area contributed by atoms with Gasteiger partial charge in [-0.2, -0.15) is 5.10 Å². The van der Waals surface area contributed by atoms with Crippen molar-refractivity contribution in [3.05, 3.63) is 78.1 Å². The summed E-state index contributed by atoms with van der Waals surface area (Å²) in [6.45, 7) is 3.97. The summed E-state index contributed by atoms with van der Waals surface area (Å²) >= 11 is 0. The minimum Gasteiger partial charge on any atom is -0.494 e. The van der Waals surface area contributed by atoms with Crippen molar-refractivity contribution in [1.82, 2.24) is 15.1 Å². The normalized spacial score (nSPS) is 15.8. The molecule has 0 radical (unpaired) electrons. The number of ether oxygens (including phenoxy) is 1. The second-order valence-corrected chi connectivity index (χ2v) is 7.52. The molecule has 31 heavy (non-hydrogen) atoms. The highest BCUT2D eigenvalue weighted by Crippen LogP contribution is 2.27. The van der Waals surface area contributed by atoms with Crippen molar-refractivity contribution >= 4 is 17.5 Å². The largest absolute Gasteiger partial charge is 0.494 e. The quantitative estimate of drug-likeness (QED) is 0.610. The molecule has 1 aliphatic rings. The number of rotatable bonds is 8. The molecule has 4 rings (SSSR count). The lowest BCUT2D eigenvalue weighted by molar-refractivity contribution is -0.126. The van der Waals surface area contributed by atoms with Crippen molar-refractivity contribution in [2.75, 3.05) is 18.1 Å². The Bertz CT molecular complexity index is 1030. The van der Waals surface area contributed by atoms with Gasteiger partial charge in [-0.25, -0.2) is 0 Å². The van der Waals surface area contributed by atoms with E-state index in [1.807, 2.05) is 72.4 Å². The van der Waals surface area contributed by atoms with E-state index in [4.69, 9.17) is 4.74 Å². The Morgan fingerprint density at radius 1 is 1.13 bits per heavy atom. The van der Waals surface area contributed by atoms with Gasteiger partial charge in [0.2, 0.25) is 11.8 Å². The highest BCUT2D eigenvalue weighted by molar-refractivity contribution is 6.00. The van der Waals surface area contributed by atoms with E-state index in [0.717, 1.165) is 22.6 Å². The van der Waals surface area contributed by atoms with Gasteiger partial charge in [-0.15, -0.1) is 0 Å². The number of nitrogens with zero attached hydrogens (tertiary/aromatic N) is 3. The molecule has 2 heterocycles. The van der Waals surface area contributed by atoms with E-state index in [0.29, 0.717) is 26.2 Å². The van der Waals surface area contributed by atoms with Crippen molar-refractivity contribution in [2.45, 2.75) is 26.4 Å². The summed E-state index contributed by atoms with van der Waals surface area (Å²) in [6, 6.07) is 17.3. The predicted molar refractivity (Wildman–Crippen MR) is 118 cm³/mol. The standard InChI is InChI=1S/C24H26N4O3/c1-2-31-22-10-8-21(9-11-22)28-17-20(14-23(28)29)24(30)25-15-18-6-3-4-7-19(18)16-27-13-5-12-26-27/h3-13,20H,2,14-17H2,1H3,(H,25,30)/t20-/m1/s1. The molecule has 1 aromatic heterocycles. The van der Waals surface area contributed by atoms with Crippen LogP contribution in [0.15, 0.2) is 67.0 Å². The summed E-state index contributed by atoms with van der Waals surface area (Å²) in [6.07, 6.45) is 3.88. The second-order valence-electron chi connectivity index (χ2n) is 7.52. The lowest BCUT2D eigenvalue weighted by Crippen LogP contribution is -2.32. The summed E-state index contributed by atoms with van der Waals surface area (Å²) in [4.78, 5) is 27.0. The molecule has 0 aliphatic carbocycles. The van der Waals surface area contributed by atoms with Crippen LogP contribution >= 0.6 is 0 Å². The topological polar surface area (TPSA) is 76.5 Å². The molecule has 2 aromatic carbocycles. The van der Waals surface area contributed by atoms with Crippen molar-refractivity contribution in [3.63, 3.8) is 0 Å². The summed E-state index contributed by atoms with van der Waals surface area (Å²) in [5.74, 6) is 0.261. The van der Waals surface area contributed by atoms with Gasteiger partial charge in [-0.1, -0.05) is 24.3 Å². The van der Waals surface area contributed by atoms with Crippen LogP contribution in [0.1, 0.15) is 24.5 Å². The van der Waals surface area contributed by atoms with Crippen LogP contribution in [0.3, 0.4) is 0 Å². The van der Waals surface area contributed by atoms with Crippen LogP contribution in [-0.4, -0.2) is 34.7 Å². The minimum absolute atomic E-state index is 0.0385. The van der Waals surface area contributed by atoms with Gasteiger partial charge in [0.25, 0.3) is 0 Å². The Balaban J connectivity index is 1.36. The number of amides is 2. The Morgan fingerprint density at radius 2 is 1.90 bits per heavy atom. The maximum absolute atomic E-state index is 12.8. The van der Waals surface area contributed by atoms with Gasteiger partial charge < -0.3 is 15.0 Å². The molecule has 1 atom stereocenters. The van der Waals surface area contributed by atoms with Crippen LogP contribution in [0.4, 0.5) is 5.69 Å². The minimum atomic E-state index is -0.364. The fraction of sp³-hybridized carbons (Fsp3) is 0.292. The third-order valence-electron chi connectivity index (χ3n) is 5.42. The van der Waals surface area contributed by atoms with Gasteiger partial charge >= 0.3 is 0 Å². The van der Waals surface area contributed by atoms with Gasteiger partial charge in [-0.3, -0.25) is 14.3 Å². The van der Waals surface area contributed by atoms with E-state index < -0.39 is 0 Å². The van der Waals surface area contributed by atoms with E-state index >= 15 is 0 Å². The van der Waals surface area contributed by atoms with Crippen molar-refractivity contribution < 1.29 is 14.3 Å². The van der Waals surface area contributed by atoms with Crippen LogP contribution in [0.5, 0.6) is 5.75 Å². The lowest BCUT2D eigenvalue weighted by Gasteiger charge is -2.17. The number of anilines is 1.